The van der Waals surface area contributed by atoms with Gasteiger partial charge < -0.3 is 20.6 Å². The maximum absolute atomic E-state index is 13.0. The van der Waals surface area contributed by atoms with Crippen molar-refractivity contribution in [1.29, 1.82) is 0 Å². The van der Waals surface area contributed by atoms with Gasteiger partial charge in [-0.3, -0.25) is 9.69 Å². The summed E-state index contributed by atoms with van der Waals surface area (Å²) in [7, 11) is 0. The Morgan fingerprint density at radius 3 is 2.65 bits per heavy atom. The number of halogens is 1. The molecule has 0 radical (unpaired) electrons. The SMILES string of the molecule is O=C1N(Cc2ccc(F)cc2)CCCC1(O)CNCCN1CCNCC1. The highest BCUT2D eigenvalue weighted by molar-refractivity contribution is 5.86. The zero-order valence-corrected chi connectivity index (χ0v) is 15.2. The van der Waals surface area contributed by atoms with Gasteiger partial charge in [0.2, 0.25) is 0 Å². The van der Waals surface area contributed by atoms with Gasteiger partial charge >= 0.3 is 0 Å². The van der Waals surface area contributed by atoms with Crippen molar-refractivity contribution in [2.45, 2.75) is 25.0 Å². The Morgan fingerprint density at radius 2 is 1.92 bits per heavy atom. The van der Waals surface area contributed by atoms with Gasteiger partial charge in [-0.05, 0) is 30.5 Å². The van der Waals surface area contributed by atoms with Gasteiger partial charge in [-0.15, -0.1) is 0 Å². The van der Waals surface area contributed by atoms with E-state index < -0.39 is 5.60 Å². The Balaban J connectivity index is 1.48. The fourth-order valence-electron chi connectivity index (χ4n) is 3.66. The highest BCUT2D eigenvalue weighted by Crippen LogP contribution is 2.23. The highest BCUT2D eigenvalue weighted by Gasteiger charge is 2.41. The standard InChI is InChI=1S/C19H29FN4O2/c20-17-4-2-16(3-5-17)14-24-10-1-6-19(26,18(24)25)15-22-9-13-23-11-7-21-8-12-23/h2-5,21-22,26H,1,6-15H2. The number of hydrogen-bond donors (Lipinski definition) is 3. The average Bonchev–Trinajstić information content (AvgIpc) is 2.66. The Kier molecular flexibility index (Phi) is 6.58. The van der Waals surface area contributed by atoms with Crippen LogP contribution in [0.15, 0.2) is 24.3 Å². The van der Waals surface area contributed by atoms with E-state index in [1.54, 1.807) is 17.0 Å². The van der Waals surface area contributed by atoms with Crippen molar-refractivity contribution in [1.82, 2.24) is 20.4 Å². The van der Waals surface area contributed by atoms with Gasteiger partial charge in [0.25, 0.3) is 5.91 Å². The molecule has 1 aromatic rings. The number of nitrogens with one attached hydrogen (secondary N) is 2. The van der Waals surface area contributed by atoms with Crippen LogP contribution < -0.4 is 10.6 Å². The van der Waals surface area contributed by atoms with Crippen molar-refractivity contribution >= 4 is 5.91 Å². The smallest absolute Gasteiger partial charge is 0.256 e. The number of rotatable bonds is 7. The normalized spacial score (nSPS) is 24.8. The molecule has 26 heavy (non-hydrogen) atoms. The Hall–Kier alpha value is -1.54. The van der Waals surface area contributed by atoms with E-state index in [9.17, 15) is 14.3 Å². The molecule has 0 spiro atoms. The lowest BCUT2D eigenvalue weighted by Gasteiger charge is -2.38. The van der Waals surface area contributed by atoms with Crippen molar-refractivity contribution in [3.8, 4) is 0 Å². The van der Waals surface area contributed by atoms with Crippen molar-refractivity contribution in [2.24, 2.45) is 0 Å². The zero-order valence-electron chi connectivity index (χ0n) is 15.2. The summed E-state index contributed by atoms with van der Waals surface area (Å²) < 4.78 is 13.0. The fourth-order valence-corrected chi connectivity index (χ4v) is 3.66. The number of piperazine rings is 1. The summed E-state index contributed by atoms with van der Waals surface area (Å²) in [5.41, 5.74) is -0.475. The van der Waals surface area contributed by atoms with Crippen LogP contribution in [0, 0.1) is 5.82 Å². The molecule has 0 aromatic heterocycles. The van der Waals surface area contributed by atoms with Gasteiger partial charge in [-0.25, -0.2) is 4.39 Å². The van der Waals surface area contributed by atoms with Gasteiger partial charge in [0.05, 0.1) is 0 Å². The maximum Gasteiger partial charge on any atom is 0.256 e. The minimum atomic E-state index is -1.35. The van der Waals surface area contributed by atoms with Crippen LogP contribution in [-0.4, -0.2) is 78.8 Å². The van der Waals surface area contributed by atoms with Gasteiger partial charge in [0, 0.05) is 58.9 Å². The topological polar surface area (TPSA) is 67.8 Å². The summed E-state index contributed by atoms with van der Waals surface area (Å²) in [6.07, 6.45) is 1.25. The molecule has 144 valence electrons. The van der Waals surface area contributed by atoms with E-state index >= 15 is 0 Å². The van der Waals surface area contributed by atoms with Crippen LogP contribution in [0.5, 0.6) is 0 Å². The van der Waals surface area contributed by atoms with Crippen LogP contribution in [0.2, 0.25) is 0 Å². The molecule has 2 saturated heterocycles. The molecule has 2 aliphatic rings. The number of aliphatic hydroxyl groups is 1. The summed E-state index contributed by atoms with van der Waals surface area (Å²) >= 11 is 0. The molecule has 2 heterocycles. The first-order valence-corrected chi connectivity index (χ1v) is 9.47. The first-order valence-electron chi connectivity index (χ1n) is 9.47. The highest BCUT2D eigenvalue weighted by atomic mass is 19.1. The number of likely N-dealkylation sites (tertiary alicyclic amines) is 1. The fraction of sp³-hybridized carbons (Fsp3) is 0.632. The van der Waals surface area contributed by atoms with E-state index in [2.05, 4.69) is 15.5 Å². The lowest BCUT2D eigenvalue weighted by molar-refractivity contribution is -0.157. The van der Waals surface area contributed by atoms with Crippen LogP contribution >= 0.6 is 0 Å². The summed E-state index contributed by atoms with van der Waals surface area (Å²) in [5, 5.41) is 17.4. The maximum atomic E-state index is 13.0. The van der Waals surface area contributed by atoms with E-state index in [4.69, 9.17) is 0 Å². The molecule has 1 atom stereocenters. The van der Waals surface area contributed by atoms with E-state index in [0.29, 0.717) is 19.5 Å². The predicted octanol–water partition coefficient (Wildman–Crippen LogP) is 0.174. The van der Waals surface area contributed by atoms with Crippen LogP contribution in [0.25, 0.3) is 0 Å². The van der Waals surface area contributed by atoms with Gasteiger partial charge in [-0.1, -0.05) is 12.1 Å². The molecule has 3 N–H and O–H groups in total. The summed E-state index contributed by atoms with van der Waals surface area (Å²) in [5.74, 6) is -0.522. The lowest BCUT2D eigenvalue weighted by Crippen LogP contribution is -2.58. The van der Waals surface area contributed by atoms with Crippen molar-refractivity contribution < 1.29 is 14.3 Å². The first-order chi connectivity index (χ1) is 12.6. The Labute approximate surface area is 154 Å². The zero-order chi connectivity index (χ0) is 18.4. The molecule has 7 heteroatoms. The molecule has 6 nitrogen and oxygen atoms in total. The molecular weight excluding hydrogens is 335 g/mol. The van der Waals surface area contributed by atoms with E-state index in [1.165, 1.54) is 12.1 Å². The number of benzene rings is 1. The third-order valence-electron chi connectivity index (χ3n) is 5.22. The van der Waals surface area contributed by atoms with E-state index in [-0.39, 0.29) is 18.3 Å². The molecule has 1 amide bonds. The molecule has 0 aliphatic carbocycles. The number of hydrogen-bond acceptors (Lipinski definition) is 5. The Bertz CT molecular complexity index is 592. The largest absolute Gasteiger partial charge is 0.379 e. The van der Waals surface area contributed by atoms with Crippen LogP contribution in [0.1, 0.15) is 18.4 Å². The molecule has 2 aliphatic heterocycles. The summed E-state index contributed by atoms with van der Waals surface area (Å²) in [6.45, 7) is 7.09. The van der Waals surface area contributed by atoms with E-state index in [1.807, 2.05) is 0 Å². The third-order valence-corrected chi connectivity index (χ3v) is 5.22. The third kappa shape index (κ3) is 5.01. The van der Waals surface area contributed by atoms with Crippen molar-refractivity contribution in [3.05, 3.63) is 35.6 Å². The van der Waals surface area contributed by atoms with Crippen LogP contribution in [0.3, 0.4) is 0 Å². The second kappa shape index (κ2) is 8.90. The van der Waals surface area contributed by atoms with Crippen LogP contribution in [0.4, 0.5) is 4.39 Å². The summed E-state index contributed by atoms with van der Waals surface area (Å²) in [4.78, 5) is 16.8. The molecule has 0 bridgehead atoms. The molecule has 2 fully saturated rings. The average molecular weight is 364 g/mol. The quantitative estimate of drug-likeness (QED) is 0.602. The second-order valence-electron chi connectivity index (χ2n) is 7.26. The van der Waals surface area contributed by atoms with Crippen molar-refractivity contribution in [3.63, 3.8) is 0 Å². The van der Waals surface area contributed by atoms with Gasteiger partial charge in [-0.2, -0.15) is 0 Å². The summed E-state index contributed by atoms with van der Waals surface area (Å²) in [6, 6.07) is 6.16. The monoisotopic (exact) mass is 364 g/mol. The number of nitrogens with zero attached hydrogens (tertiary/aromatic N) is 2. The van der Waals surface area contributed by atoms with Crippen molar-refractivity contribution in [2.75, 3.05) is 52.4 Å². The predicted molar refractivity (Wildman–Crippen MR) is 98.2 cm³/mol. The van der Waals surface area contributed by atoms with E-state index in [0.717, 1.165) is 51.3 Å². The van der Waals surface area contributed by atoms with Gasteiger partial charge in [0.15, 0.2) is 5.60 Å². The number of carbonyl (C=O) groups is 1. The second-order valence-corrected chi connectivity index (χ2v) is 7.26. The lowest BCUT2D eigenvalue weighted by atomic mass is 9.91. The number of carbonyl (C=O) groups excluding carboxylic acids is 1. The molecule has 1 unspecified atom stereocenters. The first kappa shape index (κ1) is 19.2. The number of amides is 1. The molecule has 1 aromatic carbocycles. The Morgan fingerprint density at radius 1 is 1.19 bits per heavy atom. The number of piperidine rings is 1. The molecular formula is C19H29FN4O2. The minimum absolute atomic E-state index is 0.234. The van der Waals surface area contributed by atoms with Crippen LogP contribution in [-0.2, 0) is 11.3 Å². The minimum Gasteiger partial charge on any atom is -0.379 e. The molecule has 3 rings (SSSR count). The molecule has 0 saturated carbocycles. The van der Waals surface area contributed by atoms with Gasteiger partial charge in [0.1, 0.15) is 5.82 Å².